The van der Waals surface area contributed by atoms with Crippen LogP contribution in [0.4, 0.5) is 0 Å². The van der Waals surface area contributed by atoms with Crippen molar-refractivity contribution in [3.05, 3.63) is 0 Å². The topological polar surface area (TPSA) is 111 Å². The first-order chi connectivity index (χ1) is 5.20. The highest BCUT2D eigenvalue weighted by atomic mass is 16.3. The maximum Gasteiger partial charge on any atom is 0.143 e. The molecule has 0 saturated heterocycles. The molecule has 0 aromatic carbocycles. The van der Waals surface area contributed by atoms with Crippen LogP contribution in [0.2, 0.25) is 0 Å². The van der Waals surface area contributed by atoms with Gasteiger partial charge in [0.25, 0.3) is 0 Å². The Bertz CT molecular complexity index is 172. The van der Waals surface area contributed by atoms with E-state index in [2.05, 4.69) is 10.4 Å². The van der Waals surface area contributed by atoms with Crippen LogP contribution in [0.5, 0.6) is 0 Å². The minimum absolute atomic E-state index is 0.108. The van der Waals surface area contributed by atoms with E-state index in [0.29, 0.717) is 0 Å². The standard InChI is InChI=1S/C5H11N3O3/c6-8-5-4(11)3(10)2(1-9)7-5/h2-4,9-11H,1,6H2,(H,7,8). The summed E-state index contributed by atoms with van der Waals surface area (Å²) >= 11 is 0. The van der Waals surface area contributed by atoms with Crippen molar-refractivity contribution in [3.63, 3.8) is 0 Å². The van der Waals surface area contributed by atoms with Crippen LogP contribution in [0.3, 0.4) is 0 Å². The van der Waals surface area contributed by atoms with Gasteiger partial charge < -0.3 is 20.7 Å². The minimum atomic E-state index is -1.11. The van der Waals surface area contributed by atoms with Gasteiger partial charge >= 0.3 is 0 Å². The third-order valence-electron chi connectivity index (χ3n) is 1.64. The van der Waals surface area contributed by atoms with E-state index in [4.69, 9.17) is 21.2 Å². The van der Waals surface area contributed by atoms with Crippen molar-refractivity contribution in [2.45, 2.75) is 18.2 Å². The number of rotatable bonds is 1. The Balaban J connectivity index is 2.68. The molecule has 0 fully saturated rings. The Morgan fingerprint density at radius 2 is 2.18 bits per heavy atom. The van der Waals surface area contributed by atoms with E-state index in [1.165, 1.54) is 0 Å². The van der Waals surface area contributed by atoms with Crippen LogP contribution < -0.4 is 11.3 Å². The molecule has 0 radical (unpaired) electrons. The SMILES string of the molecule is NNC1=NC(CO)C(O)C1O. The molecule has 0 aliphatic carbocycles. The third-order valence-corrected chi connectivity index (χ3v) is 1.64. The summed E-state index contributed by atoms with van der Waals surface area (Å²) in [6.45, 7) is -0.302. The monoisotopic (exact) mass is 161 g/mol. The number of nitrogens with one attached hydrogen (secondary N) is 1. The van der Waals surface area contributed by atoms with Gasteiger partial charge in [-0.2, -0.15) is 0 Å². The van der Waals surface area contributed by atoms with Crippen molar-refractivity contribution in [1.29, 1.82) is 0 Å². The molecule has 64 valence electrons. The van der Waals surface area contributed by atoms with Gasteiger partial charge in [-0.3, -0.25) is 4.99 Å². The van der Waals surface area contributed by atoms with Crippen LogP contribution >= 0.6 is 0 Å². The number of aliphatic imine (C=N–C) groups is 1. The average molecular weight is 161 g/mol. The molecule has 3 atom stereocenters. The smallest absolute Gasteiger partial charge is 0.143 e. The van der Waals surface area contributed by atoms with Crippen molar-refractivity contribution >= 4 is 5.84 Å². The molecular weight excluding hydrogens is 150 g/mol. The quantitative estimate of drug-likeness (QED) is 0.207. The molecule has 11 heavy (non-hydrogen) atoms. The Morgan fingerprint density at radius 3 is 2.45 bits per heavy atom. The van der Waals surface area contributed by atoms with Gasteiger partial charge in [-0.1, -0.05) is 0 Å². The second-order valence-electron chi connectivity index (χ2n) is 2.34. The summed E-state index contributed by atoms with van der Waals surface area (Å²) in [7, 11) is 0. The number of hydrogen-bond donors (Lipinski definition) is 5. The fourth-order valence-corrected chi connectivity index (χ4v) is 0.975. The summed E-state index contributed by atoms with van der Waals surface area (Å²) in [4.78, 5) is 3.72. The van der Waals surface area contributed by atoms with E-state index >= 15 is 0 Å². The highest BCUT2D eigenvalue weighted by Gasteiger charge is 2.35. The zero-order valence-electron chi connectivity index (χ0n) is 5.81. The highest BCUT2D eigenvalue weighted by molar-refractivity contribution is 5.88. The van der Waals surface area contributed by atoms with Crippen molar-refractivity contribution in [2.75, 3.05) is 6.61 Å². The lowest BCUT2D eigenvalue weighted by Gasteiger charge is -2.12. The van der Waals surface area contributed by atoms with Crippen LogP contribution in [0, 0.1) is 0 Å². The van der Waals surface area contributed by atoms with Gasteiger partial charge in [0.05, 0.1) is 6.61 Å². The summed E-state index contributed by atoms with van der Waals surface area (Å²) < 4.78 is 0. The number of aliphatic hydroxyl groups excluding tert-OH is 3. The van der Waals surface area contributed by atoms with Gasteiger partial charge in [-0.05, 0) is 0 Å². The molecule has 0 saturated carbocycles. The van der Waals surface area contributed by atoms with Gasteiger partial charge in [-0.15, -0.1) is 0 Å². The fraction of sp³-hybridized carbons (Fsp3) is 0.800. The molecule has 6 N–H and O–H groups in total. The predicted octanol–water partition coefficient (Wildman–Crippen LogP) is -3.06. The van der Waals surface area contributed by atoms with Gasteiger partial charge in [0, 0.05) is 0 Å². The fourth-order valence-electron chi connectivity index (χ4n) is 0.975. The lowest BCUT2D eigenvalue weighted by molar-refractivity contribution is 0.0397. The van der Waals surface area contributed by atoms with Crippen molar-refractivity contribution in [1.82, 2.24) is 5.43 Å². The largest absolute Gasteiger partial charge is 0.394 e. The summed E-state index contributed by atoms with van der Waals surface area (Å²) in [5.74, 6) is 5.08. The van der Waals surface area contributed by atoms with Crippen LogP contribution in [0.1, 0.15) is 0 Å². The van der Waals surface area contributed by atoms with Crippen LogP contribution in [0.15, 0.2) is 4.99 Å². The number of hydrazine groups is 1. The summed E-state index contributed by atoms with van der Waals surface area (Å²) in [6, 6.07) is -0.670. The van der Waals surface area contributed by atoms with Gasteiger partial charge in [0.1, 0.15) is 24.1 Å². The van der Waals surface area contributed by atoms with Gasteiger partial charge in [-0.25, -0.2) is 5.84 Å². The summed E-state index contributed by atoms with van der Waals surface area (Å²) in [6.07, 6.45) is -2.18. The van der Waals surface area contributed by atoms with Crippen molar-refractivity contribution in [3.8, 4) is 0 Å². The normalized spacial score (nSPS) is 37.1. The third kappa shape index (κ3) is 1.33. The molecule has 1 heterocycles. The number of aliphatic hydroxyl groups is 3. The number of hydrogen-bond acceptors (Lipinski definition) is 6. The van der Waals surface area contributed by atoms with Crippen LogP contribution in [0.25, 0.3) is 0 Å². The van der Waals surface area contributed by atoms with Gasteiger partial charge in [0.15, 0.2) is 0 Å². The van der Waals surface area contributed by atoms with E-state index in [1.807, 2.05) is 0 Å². The predicted molar refractivity (Wildman–Crippen MR) is 37.6 cm³/mol. The lowest BCUT2D eigenvalue weighted by atomic mass is 10.1. The molecule has 1 aliphatic rings. The van der Waals surface area contributed by atoms with Crippen LogP contribution in [-0.4, -0.2) is 46.0 Å². The Morgan fingerprint density at radius 1 is 1.55 bits per heavy atom. The molecule has 6 heteroatoms. The van der Waals surface area contributed by atoms with E-state index in [9.17, 15) is 0 Å². The molecule has 6 nitrogen and oxygen atoms in total. The minimum Gasteiger partial charge on any atom is -0.394 e. The van der Waals surface area contributed by atoms with E-state index in [-0.39, 0.29) is 12.4 Å². The van der Waals surface area contributed by atoms with Crippen molar-refractivity contribution in [2.24, 2.45) is 10.8 Å². The molecule has 0 bridgehead atoms. The Kier molecular flexibility index (Phi) is 2.40. The first kappa shape index (κ1) is 8.41. The average Bonchev–Trinajstić information content (AvgIpc) is 2.30. The molecule has 0 amide bonds. The summed E-state index contributed by atoms with van der Waals surface area (Å²) in [5.41, 5.74) is 2.14. The molecule has 3 unspecified atom stereocenters. The second-order valence-corrected chi connectivity index (χ2v) is 2.34. The number of amidine groups is 1. The van der Waals surface area contributed by atoms with Crippen molar-refractivity contribution < 1.29 is 15.3 Å². The molecule has 0 aromatic heterocycles. The zero-order valence-corrected chi connectivity index (χ0v) is 5.81. The Labute approximate surface area is 63.3 Å². The molecule has 1 rings (SSSR count). The van der Waals surface area contributed by atoms with E-state index < -0.39 is 18.2 Å². The molecule has 0 aromatic rings. The Hall–Kier alpha value is -0.690. The number of nitrogens with two attached hydrogens (primary N) is 1. The molecule has 1 aliphatic heterocycles. The molecule has 0 spiro atoms. The second kappa shape index (κ2) is 3.14. The first-order valence-corrected chi connectivity index (χ1v) is 3.22. The van der Waals surface area contributed by atoms with Gasteiger partial charge in [0.2, 0.25) is 0 Å². The maximum absolute atomic E-state index is 9.14. The zero-order chi connectivity index (χ0) is 8.43. The maximum atomic E-state index is 9.14. The lowest BCUT2D eigenvalue weighted by Crippen LogP contribution is -2.42. The van der Waals surface area contributed by atoms with E-state index in [0.717, 1.165) is 0 Å². The van der Waals surface area contributed by atoms with E-state index in [1.54, 1.807) is 0 Å². The summed E-state index contributed by atoms with van der Waals surface area (Å²) in [5, 5.41) is 26.9. The van der Waals surface area contributed by atoms with Crippen LogP contribution in [-0.2, 0) is 0 Å². The first-order valence-electron chi connectivity index (χ1n) is 3.22. The number of nitrogens with zero attached hydrogens (tertiary/aromatic N) is 1. The highest BCUT2D eigenvalue weighted by Crippen LogP contribution is 2.12. The molecular formula is C5H11N3O3.